The van der Waals surface area contributed by atoms with Crippen LogP contribution in [0.2, 0.25) is 5.02 Å². The highest BCUT2D eigenvalue weighted by Gasteiger charge is 2.04. The third-order valence-corrected chi connectivity index (χ3v) is 2.00. The highest BCUT2D eigenvalue weighted by molar-refractivity contribution is 6.30. The zero-order valence-electron chi connectivity index (χ0n) is 8.37. The molecular weight excluding hydrogens is 237 g/mol. The Labute approximate surface area is 97.0 Å². The van der Waals surface area contributed by atoms with E-state index in [9.17, 15) is 9.18 Å². The Balaban J connectivity index is 2.42. The number of carbonyl (C=O) groups excluding carboxylic acids is 1. The fraction of sp³-hybridized carbons (Fsp3) is 0.300. The van der Waals surface area contributed by atoms with Gasteiger partial charge in [-0.2, -0.15) is 0 Å². The molecule has 0 unspecified atom stereocenters. The average molecular weight is 248 g/mol. The first-order chi connectivity index (χ1) is 7.63. The largest absolute Gasteiger partial charge is 0.484 e. The molecule has 0 aliphatic rings. The van der Waals surface area contributed by atoms with Crippen LogP contribution in [0, 0.1) is 5.82 Å². The van der Waals surface area contributed by atoms with Crippen LogP contribution in [-0.2, 0) is 4.79 Å². The lowest BCUT2D eigenvalue weighted by atomic mass is 10.3. The fourth-order valence-electron chi connectivity index (χ4n) is 0.962. The summed E-state index contributed by atoms with van der Waals surface area (Å²) in [5, 5.41) is 10.8. The summed E-state index contributed by atoms with van der Waals surface area (Å²) in [6.45, 7) is -0.209. The first-order valence-electron chi connectivity index (χ1n) is 4.59. The van der Waals surface area contributed by atoms with Crippen LogP contribution >= 0.6 is 11.6 Å². The lowest BCUT2D eigenvalue weighted by Gasteiger charge is -2.06. The number of hydrogen-bond acceptors (Lipinski definition) is 3. The lowest BCUT2D eigenvalue weighted by Crippen LogP contribution is -2.31. The van der Waals surface area contributed by atoms with Crippen molar-refractivity contribution in [2.24, 2.45) is 0 Å². The molecule has 1 aromatic carbocycles. The van der Waals surface area contributed by atoms with Gasteiger partial charge in [-0.1, -0.05) is 11.6 Å². The first-order valence-corrected chi connectivity index (χ1v) is 4.96. The molecule has 0 bridgehead atoms. The van der Waals surface area contributed by atoms with Gasteiger partial charge in [0.25, 0.3) is 5.91 Å². The van der Waals surface area contributed by atoms with Crippen LogP contribution in [0.3, 0.4) is 0 Å². The summed E-state index contributed by atoms with van der Waals surface area (Å²) < 4.78 is 18.0. The Morgan fingerprint density at radius 1 is 1.56 bits per heavy atom. The minimum Gasteiger partial charge on any atom is -0.484 e. The van der Waals surface area contributed by atoms with Crippen molar-refractivity contribution in [3.63, 3.8) is 0 Å². The van der Waals surface area contributed by atoms with Gasteiger partial charge in [0, 0.05) is 12.6 Å². The third-order valence-electron chi connectivity index (χ3n) is 1.69. The number of hydrogen-bond donors (Lipinski definition) is 2. The molecule has 1 rings (SSSR count). The van der Waals surface area contributed by atoms with Crippen LogP contribution in [0.15, 0.2) is 18.2 Å². The van der Waals surface area contributed by atoms with Gasteiger partial charge in [-0.25, -0.2) is 4.39 Å². The molecule has 0 spiro atoms. The van der Waals surface area contributed by atoms with E-state index in [1.54, 1.807) is 0 Å². The first kappa shape index (κ1) is 12.7. The van der Waals surface area contributed by atoms with Crippen molar-refractivity contribution in [2.75, 3.05) is 19.8 Å². The number of aliphatic hydroxyl groups is 1. The summed E-state index contributed by atoms with van der Waals surface area (Å²) in [6.07, 6.45) is 0. The molecule has 0 saturated heterocycles. The topological polar surface area (TPSA) is 58.6 Å². The van der Waals surface area contributed by atoms with Gasteiger partial charge < -0.3 is 15.2 Å². The van der Waals surface area contributed by atoms with Crippen LogP contribution in [0.25, 0.3) is 0 Å². The number of ether oxygens (including phenoxy) is 1. The second-order valence-corrected chi connectivity index (χ2v) is 3.35. The van der Waals surface area contributed by atoms with Crippen molar-refractivity contribution in [3.05, 3.63) is 29.0 Å². The molecular formula is C10H11ClFNO3. The quantitative estimate of drug-likeness (QED) is 0.815. The highest BCUT2D eigenvalue weighted by Crippen LogP contribution is 2.20. The zero-order valence-corrected chi connectivity index (χ0v) is 9.13. The molecule has 0 fully saturated rings. The number of rotatable bonds is 5. The van der Waals surface area contributed by atoms with Crippen LogP contribution in [0.5, 0.6) is 5.75 Å². The van der Waals surface area contributed by atoms with E-state index in [4.69, 9.17) is 21.4 Å². The van der Waals surface area contributed by atoms with Crippen molar-refractivity contribution < 1.29 is 19.0 Å². The molecule has 1 amide bonds. The second-order valence-electron chi connectivity index (χ2n) is 2.94. The Bertz CT molecular complexity index is 373. The van der Waals surface area contributed by atoms with Gasteiger partial charge in [0.2, 0.25) is 0 Å². The van der Waals surface area contributed by atoms with Gasteiger partial charge in [-0.15, -0.1) is 0 Å². The van der Waals surface area contributed by atoms with Gasteiger partial charge in [-0.3, -0.25) is 4.79 Å². The minimum absolute atomic E-state index is 0.00270. The zero-order chi connectivity index (χ0) is 12.0. The molecule has 0 saturated carbocycles. The van der Waals surface area contributed by atoms with Gasteiger partial charge in [-0.05, 0) is 12.1 Å². The van der Waals surface area contributed by atoms with E-state index in [2.05, 4.69) is 5.32 Å². The van der Waals surface area contributed by atoms with Crippen LogP contribution in [0.1, 0.15) is 0 Å². The van der Waals surface area contributed by atoms with E-state index in [0.717, 1.165) is 6.07 Å². The Hall–Kier alpha value is -1.33. The summed E-state index contributed by atoms with van der Waals surface area (Å²) in [5.41, 5.74) is 0. The monoisotopic (exact) mass is 247 g/mol. The van der Waals surface area contributed by atoms with Gasteiger partial charge in [0.15, 0.2) is 6.61 Å². The maximum Gasteiger partial charge on any atom is 0.258 e. The van der Waals surface area contributed by atoms with E-state index in [0.29, 0.717) is 0 Å². The van der Waals surface area contributed by atoms with Crippen LogP contribution in [-0.4, -0.2) is 30.8 Å². The molecule has 88 valence electrons. The lowest BCUT2D eigenvalue weighted by molar-refractivity contribution is -0.123. The molecule has 0 aliphatic heterocycles. The van der Waals surface area contributed by atoms with Crippen molar-refractivity contribution in [2.45, 2.75) is 0 Å². The Kier molecular flexibility index (Phi) is 5.01. The Morgan fingerprint density at radius 3 is 2.94 bits per heavy atom. The fourth-order valence-corrected chi connectivity index (χ4v) is 1.08. The van der Waals surface area contributed by atoms with Gasteiger partial charge >= 0.3 is 0 Å². The predicted molar refractivity (Wildman–Crippen MR) is 57.0 cm³/mol. The normalized spacial score (nSPS) is 9.94. The number of amides is 1. The molecule has 4 nitrogen and oxygen atoms in total. The van der Waals surface area contributed by atoms with E-state index in [1.165, 1.54) is 12.1 Å². The molecule has 16 heavy (non-hydrogen) atoms. The van der Waals surface area contributed by atoms with E-state index in [-0.39, 0.29) is 36.4 Å². The number of halogens is 2. The van der Waals surface area contributed by atoms with Crippen LogP contribution < -0.4 is 10.1 Å². The summed E-state index contributed by atoms with van der Waals surface area (Å²) in [7, 11) is 0. The predicted octanol–water partition coefficient (Wildman–Crippen LogP) is 0.966. The molecule has 0 heterocycles. The third kappa shape index (κ3) is 4.04. The van der Waals surface area contributed by atoms with Crippen LogP contribution in [0.4, 0.5) is 4.39 Å². The van der Waals surface area contributed by atoms with Crippen molar-refractivity contribution in [1.29, 1.82) is 0 Å². The Morgan fingerprint density at radius 2 is 2.31 bits per heavy atom. The van der Waals surface area contributed by atoms with Crippen molar-refractivity contribution in [1.82, 2.24) is 5.32 Å². The second kappa shape index (κ2) is 6.30. The highest BCUT2D eigenvalue weighted by atomic mass is 35.5. The molecule has 0 radical (unpaired) electrons. The number of carbonyl (C=O) groups is 1. The molecule has 0 atom stereocenters. The van der Waals surface area contributed by atoms with Gasteiger partial charge in [0.1, 0.15) is 11.6 Å². The average Bonchev–Trinajstić information content (AvgIpc) is 2.28. The standard InChI is InChI=1S/C10H11ClFNO3/c11-8-2-1-7(5-9(8)12)16-6-10(15)13-3-4-14/h1-2,5,14H,3-4,6H2,(H,13,15). The van der Waals surface area contributed by atoms with Crippen molar-refractivity contribution >= 4 is 17.5 Å². The summed E-state index contributed by atoms with van der Waals surface area (Å²) in [5.74, 6) is -0.764. The number of nitrogens with one attached hydrogen (secondary N) is 1. The molecule has 0 aromatic heterocycles. The number of benzene rings is 1. The minimum atomic E-state index is -0.602. The van der Waals surface area contributed by atoms with E-state index >= 15 is 0 Å². The van der Waals surface area contributed by atoms with E-state index < -0.39 is 5.82 Å². The number of aliphatic hydroxyl groups excluding tert-OH is 1. The maximum atomic E-state index is 13.0. The maximum absolute atomic E-state index is 13.0. The summed E-state index contributed by atoms with van der Waals surface area (Å²) >= 11 is 5.47. The summed E-state index contributed by atoms with van der Waals surface area (Å²) in [6, 6.07) is 3.91. The molecule has 0 aliphatic carbocycles. The van der Waals surface area contributed by atoms with Crippen molar-refractivity contribution in [3.8, 4) is 5.75 Å². The smallest absolute Gasteiger partial charge is 0.258 e. The van der Waals surface area contributed by atoms with Gasteiger partial charge in [0.05, 0.1) is 11.6 Å². The van der Waals surface area contributed by atoms with E-state index in [1.807, 2.05) is 0 Å². The SMILES string of the molecule is O=C(COc1ccc(Cl)c(F)c1)NCCO. The molecule has 2 N–H and O–H groups in total. The molecule has 1 aromatic rings. The molecule has 6 heteroatoms. The summed E-state index contributed by atoms with van der Waals surface area (Å²) in [4.78, 5) is 11.1.